The van der Waals surface area contributed by atoms with Crippen LogP contribution in [0.25, 0.3) is 0 Å². The van der Waals surface area contributed by atoms with Gasteiger partial charge in [0.05, 0.1) is 10.6 Å². The molecule has 0 aromatic heterocycles. The third kappa shape index (κ3) is 7.11. The summed E-state index contributed by atoms with van der Waals surface area (Å²) in [6.07, 6.45) is 3.37. The van der Waals surface area contributed by atoms with Gasteiger partial charge in [-0.1, -0.05) is 43.0 Å². The highest BCUT2D eigenvalue weighted by molar-refractivity contribution is 7.80. The minimum absolute atomic E-state index is 0.102. The van der Waals surface area contributed by atoms with Crippen molar-refractivity contribution in [3.05, 3.63) is 58.1 Å². The molecule has 8 heteroatoms. The fourth-order valence-electron chi connectivity index (χ4n) is 2.40. The molecule has 28 heavy (non-hydrogen) atoms. The molecule has 2 amide bonds. The van der Waals surface area contributed by atoms with E-state index >= 15 is 0 Å². The third-order valence-corrected chi connectivity index (χ3v) is 4.59. The van der Waals surface area contributed by atoms with Crippen LogP contribution in [0.2, 0.25) is 10.0 Å². The predicted molar refractivity (Wildman–Crippen MR) is 119 cm³/mol. The summed E-state index contributed by atoms with van der Waals surface area (Å²) in [5.74, 6) is -0.438. The lowest BCUT2D eigenvalue weighted by Gasteiger charge is -2.11. The second-order valence-corrected chi connectivity index (χ2v) is 7.37. The summed E-state index contributed by atoms with van der Waals surface area (Å²) < 4.78 is 0. The normalized spacial score (nSPS) is 10.2. The van der Waals surface area contributed by atoms with Crippen LogP contribution in [-0.2, 0) is 4.79 Å². The summed E-state index contributed by atoms with van der Waals surface area (Å²) in [6, 6.07) is 11.6. The molecule has 0 fully saturated rings. The van der Waals surface area contributed by atoms with Crippen LogP contribution < -0.4 is 16.0 Å². The highest BCUT2D eigenvalue weighted by atomic mass is 35.5. The van der Waals surface area contributed by atoms with Gasteiger partial charge < -0.3 is 16.0 Å². The van der Waals surface area contributed by atoms with Gasteiger partial charge >= 0.3 is 0 Å². The first kappa shape index (κ1) is 22.1. The van der Waals surface area contributed by atoms with E-state index in [0.717, 1.165) is 19.3 Å². The Balaban J connectivity index is 1.88. The van der Waals surface area contributed by atoms with Crippen LogP contribution in [-0.4, -0.2) is 16.9 Å². The molecule has 2 rings (SSSR count). The van der Waals surface area contributed by atoms with Crippen molar-refractivity contribution in [3.63, 3.8) is 0 Å². The zero-order chi connectivity index (χ0) is 20.5. The number of halogens is 2. The molecule has 0 unspecified atom stereocenters. The molecule has 0 aliphatic heterocycles. The van der Waals surface area contributed by atoms with Crippen molar-refractivity contribution >= 4 is 63.7 Å². The van der Waals surface area contributed by atoms with E-state index in [1.807, 2.05) is 0 Å². The Morgan fingerprint density at radius 1 is 0.964 bits per heavy atom. The highest BCUT2D eigenvalue weighted by Crippen LogP contribution is 2.22. The first-order valence-electron chi connectivity index (χ1n) is 8.86. The van der Waals surface area contributed by atoms with Gasteiger partial charge in [-0.3, -0.25) is 9.59 Å². The minimum Gasteiger partial charge on any atom is -0.332 e. The maximum Gasteiger partial charge on any atom is 0.257 e. The van der Waals surface area contributed by atoms with Gasteiger partial charge in [0.2, 0.25) is 5.91 Å². The number of carbonyl (C=O) groups excluding carboxylic acids is 2. The van der Waals surface area contributed by atoms with Gasteiger partial charge in [-0.2, -0.15) is 0 Å². The number of rotatable bonds is 7. The topological polar surface area (TPSA) is 70.2 Å². The molecule has 0 aliphatic rings. The lowest BCUT2D eigenvalue weighted by molar-refractivity contribution is -0.119. The van der Waals surface area contributed by atoms with Crippen molar-refractivity contribution in [1.29, 1.82) is 0 Å². The van der Waals surface area contributed by atoms with Crippen molar-refractivity contribution in [1.82, 2.24) is 5.32 Å². The Bertz CT molecular complexity index is 857. The van der Waals surface area contributed by atoms with Crippen LogP contribution in [0, 0.1) is 0 Å². The molecule has 3 N–H and O–H groups in total. The van der Waals surface area contributed by atoms with E-state index in [4.69, 9.17) is 35.4 Å². The lowest BCUT2D eigenvalue weighted by atomic mass is 10.2. The Labute approximate surface area is 179 Å². The minimum atomic E-state index is -0.336. The van der Waals surface area contributed by atoms with Gasteiger partial charge in [0.25, 0.3) is 5.91 Å². The lowest BCUT2D eigenvalue weighted by Crippen LogP contribution is -2.33. The number of nitrogens with one attached hydrogen (secondary N) is 3. The average molecular weight is 438 g/mol. The number of anilines is 2. The first-order chi connectivity index (χ1) is 13.4. The number of benzene rings is 2. The SMILES string of the molecule is CCCCCC(=O)NC(=S)Nc1ccc(NC(=O)c2ccc(Cl)cc2Cl)cc1. The van der Waals surface area contributed by atoms with Crippen molar-refractivity contribution in [2.75, 3.05) is 10.6 Å². The van der Waals surface area contributed by atoms with Gasteiger partial charge in [-0.05, 0) is 61.1 Å². The van der Waals surface area contributed by atoms with Gasteiger partial charge in [0.15, 0.2) is 5.11 Å². The molecule has 0 saturated heterocycles. The molecule has 2 aromatic carbocycles. The summed E-state index contributed by atoms with van der Waals surface area (Å²) in [6.45, 7) is 2.08. The van der Waals surface area contributed by atoms with Crippen LogP contribution in [0.5, 0.6) is 0 Å². The highest BCUT2D eigenvalue weighted by Gasteiger charge is 2.11. The van der Waals surface area contributed by atoms with E-state index in [1.54, 1.807) is 36.4 Å². The van der Waals surface area contributed by atoms with Crippen LogP contribution in [0.15, 0.2) is 42.5 Å². The molecule has 0 saturated carbocycles. The Morgan fingerprint density at radius 2 is 1.61 bits per heavy atom. The molecule has 0 atom stereocenters. The summed E-state index contributed by atoms with van der Waals surface area (Å²) in [4.78, 5) is 24.1. The molecule has 2 aromatic rings. The van der Waals surface area contributed by atoms with E-state index < -0.39 is 0 Å². The fraction of sp³-hybridized carbons (Fsp3) is 0.250. The standard InChI is InChI=1S/C20H21Cl2N3O2S/c1-2-3-4-5-18(26)25-20(28)24-15-9-7-14(8-10-15)23-19(27)16-11-6-13(21)12-17(16)22/h6-12H,2-5H2,1H3,(H,23,27)(H2,24,25,26,28). The molecular formula is C20H21Cl2N3O2S. The first-order valence-corrected chi connectivity index (χ1v) is 10.0. The monoisotopic (exact) mass is 437 g/mol. The zero-order valence-corrected chi connectivity index (χ0v) is 17.7. The van der Waals surface area contributed by atoms with E-state index in [9.17, 15) is 9.59 Å². The van der Waals surface area contributed by atoms with Crippen LogP contribution >= 0.6 is 35.4 Å². The molecule has 0 radical (unpaired) electrons. The van der Waals surface area contributed by atoms with Crippen molar-refractivity contribution < 1.29 is 9.59 Å². The number of amides is 2. The Kier molecular flexibility index (Phi) is 8.70. The van der Waals surface area contributed by atoms with E-state index in [1.165, 1.54) is 6.07 Å². The maximum absolute atomic E-state index is 12.3. The van der Waals surface area contributed by atoms with Gasteiger partial charge in [-0.25, -0.2) is 0 Å². The molecule has 148 valence electrons. The molecule has 0 aliphatic carbocycles. The second kappa shape index (κ2) is 11.0. The Morgan fingerprint density at radius 3 is 2.21 bits per heavy atom. The summed E-state index contributed by atoms with van der Waals surface area (Å²) in [5, 5.41) is 9.34. The fourth-order valence-corrected chi connectivity index (χ4v) is 3.12. The summed E-state index contributed by atoms with van der Waals surface area (Å²) >= 11 is 17.0. The van der Waals surface area contributed by atoms with Gasteiger partial charge in [0.1, 0.15) is 0 Å². The molecule has 0 heterocycles. The van der Waals surface area contributed by atoms with Gasteiger partial charge in [-0.15, -0.1) is 0 Å². The summed E-state index contributed by atoms with van der Waals surface area (Å²) in [7, 11) is 0. The van der Waals surface area contributed by atoms with Crippen LogP contribution in [0.4, 0.5) is 11.4 Å². The van der Waals surface area contributed by atoms with E-state index in [2.05, 4.69) is 22.9 Å². The summed E-state index contributed by atoms with van der Waals surface area (Å²) in [5.41, 5.74) is 1.62. The number of thiocarbonyl (C=S) groups is 1. The van der Waals surface area contributed by atoms with Crippen LogP contribution in [0.3, 0.4) is 0 Å². The van der Waals surface area contributed by atoms with Crippen molar-refractivity contribution in [3.8, 4) is 0 Å². The maximum atomic E-state index is 12.3. The molecular weight excluding hydrogens is 417 g/mol. The molecule has 5 nitrogen and oxygen atoms in total. The smallest absolute Gasteiger partial charge is 0.257 e. The molecule has 0 spiro atoms. The second-order valence-electron chi connectivity index (χ2n) is 6.12. The zero-order valence-electron chi connectivity index (χ0n) is 15.4. The number of hydrogen-bond donors (Lipinski definition) is 3. The van der Waals surface area contributed by atoms with Crippen LogP contribution in [0.1, 0.15) is 43.0 Å². The predicted octanol–water partition coefficient (Wildman–Crippen LogP) is 5.64. The van der Waals surface area contributed by atoms with Crippen molar-refractivity contribution in [2.45, 2.75) is 32.6 Å². The number of carbonyl (C=O) groups is 2. The quantitative estimate of drug-likeness (QED) is 0.387. The number of hydrogen-bond acceptors (Lipinski definition) is 3. The van der Waals surface area contributed by atoms with Gasteiger partial charge in [0, 0.05) is 22.8 Å². The third-order valence-electron chi connectivity index (χ3n) is 3.84. The largest absolute Gasteiger partial charge is 0.332 e. The Hall–Kier alpha value is -2.15. The molecule has 0 bridgehead atoms. The average Bonchev–Trinajstić information content (AvgIpc) is 2.63. The van der Waals surface area contributed by atoms with E-state index in [-0.39, 0.29) is 21.9 Å². The van der Waals surface area contributed by atoms with E-state index in [0.29, 0.717) is 28.4 Å². The number of unbranched alkanes of at least 4 members (excludes halogenated alkanes) is 2. The van der Waals surface area contributed by atoms with Crippen molar-refractivity contribution in [2.24, 2.45) is 0 Å².